The molecule has 0 aromatic heterocycles. The van der Waals surface area contributed by atoms with Gasteiger partial charge in [0.05, 0.1) is 6.54 Å². The summed E-state index contributed by atoms with van der Waals surface area (Å²) in [6.07, 6.45) is 2.68. The molecule has 0 aromatic rings. The molecule has 0 aliphatic carbocycles. The lowest BCUT2D eigenvalue weighted by Gasteiger charge is -2.34. The predicted octanol–water partition coefficient (Wildman–Crippen LogP) is 0.315. The lowest BCUT2D eigenvalue weighted by molar-refractivity contribution is -0.143. The number of piperidine rings is 1. The number of hydrogen-bond donors (Lipinski definition) is 2. The third-order valence-corrected chi connectivity index (χ3v) is 3.54. The summed E-state index contributed by atoms with van der Waals surface area (Å²) >= 11 is 0. The highest BCUT2D eigenvalue weighted by atomic mass is 16.7. The fourth-order valence-corrected chi connectivity index (χ4v) is 2.62. The highest BCUT2D eigenvalue weighted by molar-refractivity contribution is 5.75. The first-order valence-electron chi connectivity index (χ1n) is 7.63. The number of hydrogen-bond acceptors (Lipinski definition) is 5. The second kappa shape index (κ2) is 10.1. The van der Waals surface area contributed by atoms with Crippen molar-refractivity contribution in [2.75, 3.05) is 39.4 Å². The second-order valence-corrected chi connectivity index (χ2v) is 5.05. The van der Waals surface area contributed by atoms with Gasteiger partial charge in [-0.05, 0) is 39.8 Å². The molecule has 1 amide bonds. The minimum absolute atomic E-state index is 0.193. The van der Waals surface area contributed by atoms with Gasteiger partial charge in [-0.15, -0.1) is 0 Å². The number of nitrogens with two attached hydrogens (primary N) is 1. The van der Waals surface area contributed by atoms with Crippen LogP contribution in [-0.4, -0.2) is 62.5 Å². The van der Waals surface area contributed by atoms with Crippen molar-refractivity contribution in [3.8, 4) is 0 Å². The fourth-order valence-electron chi connectivity index (χ4n) is 2.62. The van der Waals surface area contributed by atoms with Gasteiger partial charge in [-0.3, -0.25) is 9.69 Å². The largest absolute Gasteiger partial charge is 0.369 e. The van der Waals surface area contributed by atoms with Gasteiger partial charge < -0.3 is 20.5 Å². The molecule has 1 aliphatic rings. The van der Waals surface area contributed by atoms with Crippen molar-refractivity contribution < 1.29 is 14.3 Å². The van der Waals surface area contributed by atoms with Crippen LogP contribution in [0.25, 0.3) is 0 Å². The van der Waals surface area contributed by atoms with Gasteiger partial charge >= 0.3 is 0 Å². The predicted molar refractivity (Wildman–Crippen MR) is 78.3 cm³/mol. The zero-order chi connectivity index (χ0) is 14.8. The van der Waals surface area contributed by atoms with E-state index in [0.29, 0.717) is 25.8 Å². The van der Waals surface area contributed by atoms with Gasteiger partial charge in [0.25, 0.3) is 0 Å². The highest BCUT2D eigenvalue weighted by Gasteiger charge is 2.23. The molecule has 118 valence electrons. The number of rotatable bonds is 10. The maximum absolute atomic E-state index is 11.3. The molecule has 1 heterocycles. The van der Waals surface area contributed by atoms with E-state index < -0.39 is 0 Å². The van der Waals surface area contributed by atoms with Crippen molar-refractivity contribution in [2.45, 2.75) is 45.4 Å². The van der Waals surface area contributed by atoms with E-state index in [0.717, 1.165) is 38.9 Å². The average molecular weight is 287 g/mol. The van der Waals surface area contributed by atoms with E-state index >= 15 is 0 Å². The summed E-state index contributed by atoms with van der Waals surface area (Å²) in [5.74, 6) is -0.270. The molecular formula is C14H29N3O3. The Morgan fingerprint density at radius 3 is 2.40 bits per heavy atom. The maximum Gasteiger partial charge on any atom is 0.231 e. The van der Waals surface area contributed by atoms with Crippen LogP contribution in [0, 0.1) is 0 Å². The molecule has 0 radical (unpaired) electrons. The van der Waals surface area contributed by atoms with E-state index in [-0.39, 0.29) is 12.2 Å². The minimum Gasteiger partial charge on any atom is -0.369 e. The Labute approximate surface area is 122 Å². The summed E-state index contributed by atoms with van der Waals surface area (Å²) in [5, 5.41) is 3.34. The van der Waals surface area contributed by atoms with E-state index in [1.807, 2.05) is 13.8 Å². The Morgan fingerprint density at radius 2 is 1.90 bits per heavy atom. The van der Waals surface area contributed by atoms with Gasteiger partial charge in [0, 0.05) is 32.2 Å². The quantitative estimate of drug-likeness (QED) is 0.566. The van der Waals surface area contributed by atoms with E-state index in [2.05, 4.69) is 10.2 Å². The van der Waals surface area contributed by atoms with Crippen molar-refractivity contribution in [3.63, 3.8) is 0 Å². The van der Waals surface area contributed by atoms with Gasteiger partial charge in [0.15, 0.2) is 6.29 Å². The number of carbonyl (C=O) groups excluding carboxylic acids is 1. The molecule has 0 bridgehead atoms. The van der Waals surface area contributed by atoms with Crippen LogP contribution in [0.5, 0.6) is 0 Å². The highest BCUT2D eigenvalue weighted by Crippen LogP contribution is 2.13. The minimum atomic E-state index is -0.270. The zero-order valence-corrected chi connectivity index (χ0v) is 12.8. The number of nitrogens with one attached hydrogen (secondary N) is 1. The fraction of sp³-hybridized carbons (Fsp3) is 0.929. The van der Waals surface area contributed by atoms with Gasteiger partial charge in [-0.25, -0.2) is 0 Å². The summed E-state index contributed by atoms with van der Waals surface area (Å²) < 4.78 is 11.1. The first kappa shape index (κ1) is 17.4. The molecule has 1 fully saturated rings. The second-order valence-electron chi connectivity index (χ2n) is 5.05. The van der Waals surface area contributed by atoms with Gasteiger partial charge in [-0.1, -0.05) is 0 Å². The van der Waals surface area contributed by atoms with Crippen molar-refractivity contribution in [1.82, 2.24) is 10.2 Å². The molecule has 0 saturated carbocycles. The van der Waals surface area contributed by atoms with Crippen LogP contribution >= 0.6 is 0 Å². The Hall–Kier alpha value is -0.690. The zero-order valence-electron chi connectivity index (χ0n) is 12.8. The van der Waals surface area contributed by atoms with E-state index in [1.165, 1.54) is 0 Å². The summed E-state index contributed by atoms with van der Waals surface area (Å²) in [5.41, 5.74) is 5.37. The summed E-state index contributed by atoms with van der Waals surface area (Å²) in [7, 11) is 0. The Morgan fingerprint density at radius 1 is 1.30 bits per heavy atom. The van der Waals surface area contributed by atoms with Crippen molar-refractivity contribution >= 4 is 5.91 Å². The van der Waals surface area contributed by atoms with E-state index in [9.17, 15) is 4.79 Å². The number of amides is 1. The lowest BCUT2D eigenvalue weighted by atomic mass is 10.0. The molecule has 1 rings (SSSR count). The smallest absolute Gasteiger partial charge is 0.231 e. The van der Waals surface area contributed by atoms with Crippen LogP contribution in [-0.2, 0) is 14.3 Å². The number of nitrogens with zero attached hydrogens (tertiary/aromatic N) is 1. The first-order chi connectivity index (χ1) is 9.67. The number of carbonyl (C=O) groups is 1. The van der Waals surface area contributed by atoms with Crippen LogP contribution < -0.4 is 11.1 Å². The molecule has 20 heavy (non-hydrogen) atoms. The van der Waals surface area contributed by atoms with Crippen LogP contribution in [0.1, 0.15) is 33.1 Å². The summed E-state index contributed by atoms with van der Waals surface area (Å²) in [6.45, 7) is 8.27. The monoisotopic (exact) mass is 287 g/mol. The maximum atomic E-state index is 11.3. The van der Waals surface area contributed by atoms with Crippen molar-refractivity contribution in [3.05, 3.63) is 0 Å². The molecule has 0 atom stereocenters. The first-order valence-corrected chi connectivity index (χ1v) is 7.63. The van der Waals surface area contributed by atoms with Gasteiger partial charge in [0.1, 0.15) is 0 Å². The molecule has 3 N–H and O–H groups in total. The standard InChI is InChI=1S/C14H29N3O3/c1-3-19-14(20-4-2)7-10-17(11-13(15)18)12-5-8-16-9-6-12/h12,14,16H,3-11H2,1-2H3,(H2,15,18). The molecule has 0 spiro atoms. The average Bonchev–Trinajstić information content (AvgIpc) is 2.44. The van der Waals surface area contributed by atoms with Crippen LogP contribution in [0.4, 0.5) is 0 Å². The normalized spacial score (nSPS) is 17.0. The summed E-state index contributed by atoms with van der Waals surface area (Å²) in [4.78, 5) is 13.4. The van der Waals surface area contributed by atoms with Gasteiger partial charge in [-0.2, -0.15) is 0 Å². The van der Waals surface area contributed by atoms with E-state index in [4.69, 9.17) is 15.2 Å². The van der Waals surface area contributed by atoms with Crippen LogP contribution in [0.3, 0.4) is 0 Å². The third-order valence-electron chi connectivity index (χ3n) is 3.54. The third kappa shape index (κ3) is 6.65. The Kier molecular flexibility index (Phi) is 8.77. The molecule has 0 unspecified atom stereocenters. The number of ether oxygens (including phenoxy) is 2. The Bertz CT molecular complexity index is 264. The molecule has 1 saturated heterocycles. The molecular weight excluding hydrogens is 258 g/mol. The molecule has 1 aliphatic heterocycles. The Balaban J connectivity index is 2.47. The van der Waals surface area contributed by atoms with Crippen LogP contribution in [0.15, 0.2) is 0 Å². The van der Waals surface area contributed by atoms with Crippen LogP contribution in [0.2, 0.25) is 0 Å². The molecule has 6 heteroatoms. The SMILES string of the molecule is CCOC(CCN(CC(N)=O)C1CCNCC1)OCC. The van der Waals surface area contributed by atoms with Gasteiger partial charge in [0.2, 0.25) is 5.91 Å². The topological polar surface area (TPSA) is 76.8 Å². The molecule has 6 nitrogen and oxygen atoms in total. The number of primary amides is 1. The molecule has 0 aromatic carbocycles. The van der Waals surface area contributed by atoms with Crippen molar-refractivity contribution in [2.24, 2.45) is 5.73 Å². The summed E-state index contributed by atoms with van der Waals surface area (Å²) in [6, 6.07) is 0.424. The van der Waals surface area contributed by atoms with Crippen molar-refractivity contribution in [1.29, 1.82) is 0 Å². The van der Waals surface area contributed by atoms with E-state index in [1.54, 1.807) is 0 Å². The lowest BCUT2D eigenvalue weighted by Crippen LogP contribution is -2.47.